The first-order chi connectivity index (χ1) is 36.9. The molecule has 414 valence electrons. The number of aliphatic hydroxyl groups is 1. The van der Waals surface area contributed by atoms with E-state index in [1.807, 2.05) is 45.0 Å². The van der Waals surface area contributed by atoms with Crippen molar-refractivity contribution in [2.24, 2.45) is 11.7 Å². The monoisotopic (exact) mass is 1110 g/mol. The standard InChI is InChI=1S/C56H63F4N9O7S2/c1-32(2)47(45-24-33(3)66-76-45)50(73)67-30-40(70)28-55(67,51(62)74)42(35-14-16-36(17-15-35)48-34(4)65-31-78-48)27-46(71)63-22-12-10-8-7-9-11-13-23-64-49(72)41-21-20-39(26-44(41)57)69-53(77)68(52(75)54(69,5)6)38-19-18-37(29-61)43(25-38)56(58,59)60/h14-21,24-26,31-32,40,42,47,70H,7-13,22-23,27-28,30H2,1-6H3,(H2,62,74)(H,63,71)(H,64,72)/t40?,42-,47+,55?/m0/s1. The number of hydrogen-bond acceptors (Lipinski definition) is 12. The predicted molar refractivity (Wildman–Crippen MR) is 290 cm³/mol. The molecule has 2 aliphatic rings. The zero-order valence-corrected chi connectivity index (χ0v) is 45.8. The third-order valence-corrected chi connectivity index (χ3v) is 15.9. The Morgan fingerprint density at radius 3 is 2.15 bits per heavy atom. The number of nitrogens with two attached hydrogens (primary N) is 1. The second-order valence-electron chi connectivity index (χ2n) is 20.7. The zero-order chi connectivity index (χ0) is 56.9. The summed E-state index contributed by atoms with van der Waals surface area (Å²) in [6.45, 7) is 10.8. The molecule has 5 N–H and O–H groups in total. The Morgan fingerprint density at radius 2 is 1.59 bits per heavy atom. The van der Waals surface area contributed by atoms with Crippen LogP contribution in [-0.2, 0) is 25.4 Å². The summed E-state index contributed by atoms with van der Waals surface area (Å²) in [4.78, 5) is 78.1. The molecule has 16 nitrogen and oxygen atoms in total. The van der Waals surface area contributed by atoms with Crippen LogP contribution in [0.25, 0.3) is 10.4 Å². The Kier molecular flexibility index (Phi) is 18.2. The molecule has 7 rings (SSSR count). The number of thiocarbonyl (C=S) groups is 1. The number of rotatable bonds is 22. The molecule has 22 heteroatoms. The predicted octanol–water partition coefficient (Wildman–Crippen LogP) is 9.37. The summed E-state index contributed by atoms with van der Waals surface area (Å²) >= 11 is 7.04. The second kappa shape index (κ2) is 24.3. The molecule has 0 spiro atoms. The molecule has 3 aromatic carbocycles. The molecule has 4 heterocycles. The van der Waals surface area contributed by atoms with E-state index >= 15 is 4.39 Å². The number of aliphatic hydroxyl groups excluding tert-OH is 1. The van der Waals surface area contributed by atoms with Crippen molar-refractivity contribution in [3.8, 4) is 16.5 Å². The Morgan fingerprint density at radius 1 is 0.949 bits per heavy atom. The van der Waals surface area contributed by atoms with Gasteiger partial charge >= 0.3 is 6.18 Å². The van der Waals surface area contributed by atoms with Crippen molar-refractivity contribution in [3.05, 3.63) is 117 Å². The van der Waals surface area contributed by atoms with Gasteiger partial charge in [-0.25, -0.2) is 9.37 Å². The summed E-state index contributed by atoms with van der Waals surface area (Å²) in [7, 11) is 0. The van der Waals surface area contributed by atoms with E-state index in [1.54, 1.807) is 18.5 Å². The number of benzene rings is 3. The number of carbonyl (C=O) groups excluding carboxylic acids is 5. The van der Waals surface area contributed by atoms with E-state index in [2.05, 4.69) is 20.8 Å². The van der Waals surface area contributed by atoms with Gasteiger partial charge in [-0.15, -0.1) is 11.3 Å². The van der Waals surface area contributed by atoms with Crippen molar-refractivity contribution in [3.63, 3.8) is 0 Å². The fraction of sp³-hybridized carbons (Fsp3) is 0.446. The van der Waals surface area contributed by atoms with Crippen molar-refractivity contribution in [1.82, 2.24) is 25.7 Å². The number of halogens is 4. The van der Waals surface area contributed by atoms with Crippen molar-refractivity contribution in [1.29, 1.82) is 5.26 Å². The highest BCUT2D eigenvalue weighted by Crippen LogP contribution is 2.47. The number of alkyl halides is 3. The summed E-state index contributed by atoms with van der Waals surface area (Å²) in [6, 6.07) is 17.1. The van der Waals surface area contributed by atoms with Gasteiger partial charge in [0.2, 0.25) is 17.7 Å². The summed E-state index contributed by atoms with van der Waals surface area (Å²) < 4.78 is 62.4. The highest BCUT2D eigenvalue weighted by atomic mass is 32.1. The van der Waals surface area contributed by atoms with Gasteiger partial charge in [-0.05, 0) is 106 Å². The molecule has 2 aromatic heterocycles. The fourth-order valence-corrected chi connectivity index (χ4v) is 11.9. The lowest BCUT2D eigenvalue weighted by Gasteiger charge is -2.43. The van der Waals surface area contributed by atoms with E-state index < -0.39 is 75.8 Å². The highest BCUT2D eigenvalue weighted by molar-refractivity contribution is 7.81. The number of amides is 5. The van der Waals surface area contributed by atoms with Crippen LogP contribution in [0.4, 0.5) is 28.9 Å². The van der Waals surface area contributed by atoms with Crippen LogP contribution in [0.2, 0.25) is 0 Å². The van der Waals surface area contributed by atoms with Gasteiger partial charge in [-0.2, -0.15) is 18.4 Å². The van der Waals surface area contributed by atoms with Crippen LogP contribution in [0.5, 0.6) is 0 Å². The minimum atomic E-state index is -4.88. The zero-order valence-electron chi connectivity index (χ0n) is 44.2. The fourth-order valence-electron chi connectivity index (χ4n) is 10.6. The van der Waals surface area contributed by atoms with E-state index in [1.165, 1.54) is 59.3 Å². The van der Waals surface area contributed by atoms with Crippen LogP contribution >= 0.6 is 23.6 Å². The molecule has 0 bridgehead atoms. The second-order valence-corrected chi connectivity index (χ2v) is 22.0. The molecule has 0 radical (unpaired) electrons. The average Bonchev–Trinajstić information content (AvgIpc) is 4.21. The number of aryl methyl sites for hydroxylation is 2. The van der Waals surface area contributed by atoms with Gasteiger partial charge in [0, 0.05) is 50.1 Å². The van der Waals surface area contributed by atoms with Crippen LogP contribution < -0.4 is 26.2 Å². The largest absolute Gasteiger partial charge is 0.417 e. The van der Waals surface area contributed by atoms with Gasteiger partial charge < -0.3 is 35.8 Å². The van der Waals surface area contributed by atoms with E-state index in [-0.39, 0.29) is 59.8 Å². The molecule has 2 saturated heterocycles. The summed E-state index contributed by atoms with van der Waals surface area (Å²) in [5.41, 5.74) is 5.55. The molecule has 2 fully saturated rings. The number of primary amides is 1. The number of unbranched alkanes of at least 4 members (excludes halogenated alkanes) is 6. The third-order valence-electron chi connectivity index (χ3n) is 14.6. The van der Waals surface area contributed by atoms with Crippen molar-refractivity contribution < 1.29 is 51.2 Å². The van der Waals surface area contributed by atoms with E-state index in [0.29, 0.717) is 42.5 Å². The number of nitrogens with one attached hydrogen (secondary N) is 2. The van der Waals surface area contributed by atoms with Gasteiger partial charge in [0.05, 0.1) is 56.3 Å². The van der Waals surface area contributed by atoms with Crippen molar-refractivity contribution in [2.75, 3.05) is 29.4 Å². The lowest BCUT2D eigenvalue weighted by molar-refractivity contribution is -0.148. The van der Waals surface area contributed by atoms with Crippen molar-refractivity contribution >= 4 is 69.6 Å². The molecule has 2 aliphatic heterocycles. The Hall–Kier alpha value is -7.09. The Balaban J connectivity index is 0.891. The quantitative estimate of drug-likeness (QED) is 0.0289. The smallest absolute Gasteiger partial charge is 0.391 e. The lowest BCUT2D eigenvalue weighted by Crippen LogP contribution is -2.61. The lowest BCUT2D eigenvalue weighted by atomic mass is 9.73. The topological polar surface area (TPSA) is 228 Å². The third kappa shape index (κ3) is 12.3. The van der Waals surface area contributed by atoms with Gasteiger partial charge in [0.15, 0.2) is 5.11 Å². The SMILES string of the molecule is Cc1cc([C@H](C(=O)N2CC(O)CC2(C(N)=O)[C@@H](CC(=O)NCCCCCCCCCNC(=O)c2ccc(N3C(=S)N(c4ccc(C#N)c(C(F)(F)F)c4)C(=O)C3(C)C)cc2F)c2ccc(-c3scnc3C)cc2)C(C)C)on1. The van der Waals surface area contributed by atoms with E-state index in [9.17, 15) is 47.5 Å². The number of aromatic nitrogens is 2. The molecular weight excluding hydrogens is 1050 g/mol. The first-order valence-corrected chi connectivity index (χ1v) is 27.1. The van der Waals surface area contributed by atoms with Crippen molar-refractivity contribution in [2.45, 2.75) is 135 Å². The van der Waals surface area contributed by atoms with Crippen LogP contribution in [0, 0.1) is 36.9 Å². The number of nitriles is 1. The van der Waals surface area contributed by atoms with Gasteiger partial charge in [-0.1, -0.05) is 75.4 Å². The normalized spacial score (nSPS) is 18.1. The van der Waals surface area contributed by atoms with E-state index in [0.717, 1.165) is 65.3 Å². The minimum absolute atomic E-state index is 0.103. The molecule has 5 amide bonds. The average molecular weight is 1110 g/mol. The van der Waals surface area contributed by atoms with Crippen LogP contribution in [0.1, 0.15) is 142 Å². The van der Waals surface area contributed by atoms with Gasteiger partial charge in [0.25, 0.3) is 11.8 Å². The first kappa shape index (κ1) is 58.6. The maximum atomic E-state index is 15.6. The van der Waals surface area contributed by atoms with Gasteiger partial charge in [-0.3, -0.25) is 28.9 Å². The molecular formula is C56H63F4N9O7S2. The number of nitrogens with zero attached hydrogens (tertiary/aromatic N) is 6. The molecule has 0 aliphatic carbocycles. The van der Waals surface area contributed by atoms with Crippen LogP contribution in [0.15, 0.2) is 76.8 Å². The molecule has 5 aromatic rings. The molecule has 4 atom stereocenters. The number of anilines is 2. The van der Waals surface area contributed by atoms with Gasteiger partial charge in [0.1, 0.15) is 28.6 Å². The molecule has 2 unspecified atom stereocenters. The van der Waals surface area contributed by atoms with Crippen LogP contribution in [0.3, 0.4) is 0 Å². The van der Waals surface area contributed by atoms with E-state index in [4.69, 9.17) is 22.5 Å². The summed E-state index contributed by atoms with van der Waals surface area (Å²) in [5, 5.41) is 30.0. The number of thiazole rings is 1. The highest BCUT2D eigenvalue weighted by Gasteiger charge is 2.59. The Bertz CT molecular complexity index is 3100. The summed E-state index contributed by atoms with van der Waals surface area (Å²) in [6.07, 6.45) is -0.832. The maximum absolute atomic E-state index is 15.6. The minimum Gasteiger partial charge on any atom is -0.391 e. The first-order valence-electron chi connectivity index (χ1n) is 25.8. The Labute approximate surface area is 459 Å². The molecule has 0 saturated carbocycles. The number of hydrogen-bond donors (Lipinski definition) is 4. The molecule has 78 heavy (non-hydrogen) atoms. The number of β-amino-alcohol motifs (C(OH)–C–C–N with tert-alkyl or cyclic N) is 1. The van der Waals surface area contributed by atoms with Crippen LogP contribution in [-0.4, -0.2) is 91.6 Å². The summed E-state index contributed by atoms with van der Waals surface area (Å²) in [5.74, 6) is -5.61. The maximum Gasteiger partial charge on any atom is 0.417 e. The number of likely N-dealkylation sites (tertiary alicyclic amines) is 1. The number of carbonyl (C=O) groups is 5.